The first-order chi connectivity index (χ1) is 8.04. The van der Waals surface area contributed by atoms with E-state index in [9.17, 15) is 8.78 Å². The van der Waals surface area contributed by atoms with E-state index in [-0.39, 0.29) is 12.4 Å². The van der Waals surface area contributed by atoms with Gasteiger partial charge in [-0.2, -0.15) is 4.39 Å². The smallest absolute Gasteiger partial charge is 0.200 e. The van der Waals surface area contributed by atoms with Crippen molar-refractivity contribution in [1.29, 1.82) is 0 Å². The van der Waals surface area contributed by atoms with Crippen molar-refractivity contribution in [3.63, 3.8) is 0 Å². The van der Waals surface area contributed by atoms with Gasteiger partial charge in [0.1, 0.15) is 6.61 Å². The molecule has 1 aromatic rings. The van der Waals surface area contributed by atoms with Gasteiger partial charge in [0.15, 0.2) is 11.6 Å². The molecule has 17 heavy (non-hydrogen) atoms. The average Bonchev–Trinajstić information content (AvgIpc) is 2.29. The molecule has 0 radical (unpaired) electrons. The lowest BCUT2D eigenvalue weighted by molar-refractivity contribution is 0.321. The van der Waals surface area contributed by atoms with Crippen LogP contribution in [0.15, 0.2) is 28.8 Å². The highest BCUT2D eigenvalue weighted by Gasteiger charge is 2.11. The molecule has 0 aromatic heterocycles. The highest BCUT2D eigenvalue weighted by molar-refractivity contribution is 9.10. The third kappa shape index (κ3) is 4.44. The lowest BCUT2D eigenvalue weighted by Gasteiger charge is -2.10. The van der Waals surface area contributed by atoms with Crippen LogP contribution in [0.1, 0.15) is 6.92 Å². The van der Waals surface area contributed by atoms with Crippen molar-refractivity contribution in [2.45, 2.75) is 6.92 Å². The molecule has 2 nitrogen and oxygen atoms in total. The SMILES string of the molecule is C=C(CNCC)COc1cc(Br)cc(F)c1F. The predicted molar refractivity (Wildman–Crippen MR) is 67.2 cm³/mol. The number of benzene rings is 1. The Morgan fingerprint density at radius 2 is 2.18 bits per heavy atom. The Bertz CT molecular complexity index is 410. The quantitative estimate of drug-likeness (QED) is 0.643. The molecule has 0 aliphatic heterocycles. The Morgan fingerprint density at radius 3 is 2.82 bits per heavy atom. The van der Waals surface area contributed by atoms with Crippen LogP contribution >= 0.6 is 15.9 Å². The highest BCUT2D eigenvalue weighted by Crippen LogP contribution is 2.25. The minimum Gasteiger partial charge on any atom is -0.486 e. The molecule has 94 valence electrons. The summed E-state index contributed by atoms with van der Waals surface area (Å²) in [4.78, 5) is 0. The van der Waals surface area contributed by atoms with Crippen molar-refractivity contribution >= 4 is 15.9 Å². The molecule has 0 unspecified atom stereocenters. The third-order valence-electron chi connectivity index (χ3n) is 2.02. The van der Waals surface area contributed by atoms with E-state index in [2.05, 4.69) is 27.8 Å². The molecule has 0 saturated heterocycles. The van der Waals surface area contributed by atoms with E-state index in [4.69, 9.17) is 4.74 Å². The minimum absolute atomic E-state index is 0.116. The number of hydrogen-bond donors (Lipinski definition) is 1. The summed E-state index contributed by atoms with van der Waals surface area (Å²) < 4.78 is 32.0. The van der Waals surface area contributed by atoms with Gasteiger partial charge >= 0.3 is 0 Å². The Morgan fingerprint density at radius 1 is 1.47 bits per heavy atom. The molecular weight excluding hydrogens is 292 g/mol. The summed E-state index contributed by atoms with van der Waals surface area (Å²) in [6.45, 7) is 7.30. The lowest BCUT2D eigenvalue weighted by Crippen LogP contribution is -2.19. The third-order valence-corrected chi connectivity index (χ3v) is 2.47. The summed E-state index contributed by atoms with van der Waals surface area (Å²) in [7, 11) is 0. The predicted octanol–water partition coefficient (Wildman–Crippen LogP) is 3.27. The molecule has 0 heterocycles. The molecule has 0 saturated carbocycles. The maximum absolute atomic E-state index is 13.3. The fraction of sp³-hybridized carbons (Fsp3) is 0.333. The number of ether oxygens (including phenoxy) is 1. The van der Waals surface area contributed by atoms with E-state index < -0.39 is 11.6 Å². The van der Waals surface area contributed by atoms with Gasteiger partial charge in [-0.05, 0) is 24.3 Å². The second kappa shape index (κ2) is 6.71. The first-order valence-electron chi connectivity index (χ1n) is 5.19. The maximum Gasteiger partial charge on any atom is 0.200 e. The highest BCUT2D eigenvalue weighted by atomic mass is 79.9. The van der Waals surface area contributed by atoms with Gasteiger partial charge in [-0.1, -0.05) is 29.4 Å². The van der Waals surface area contributed by atoms with E-state index in [0.29, 0.717) is 11.0 Å². The second-order valence-corrected chi connectivity index (χ2v) is 4.43. The van der Waals surface area contributed by atoms with Crippen LogP contribution in [0.4, 0.5) is 8.78 Å². The van der Waals surface area contributed by atoms with Gasteiger partial charge < -0.3 is 10.1 Å². The van der Waals surface area contributed by atoms with Crippen molar-refractivity contribution in [2.24, 2.45) is 0 Å². The Labute approximate surface area is 108 Å². The molecule has 0 atom stereocenters. The van der Waals surface area contributed by atoms with Gasteiger partial charge in [0.05, 0.1) is 0 Å². The van der Waals surface area contributed by atoms with Crippen LogP contribution < -0.4 is 10.1 Å². The molecule has 0 aliphatic rings. The molecule has 0 fully saturated rings. The Kier molecular flexibility index (Phi) is 5.58. The van der Waals surface area contributed by atoms with E-state index in [1.54, 1.807) is 0 Å². The van der Waals surface area contributed by atoms with Gasteiger partial charge in [-0.3, -0.25) is 0 Å². The summed E-state index contributed by atoms with van der Waals surface area (Å²) in [6.07, 6.45) is 0. The van der Waals surface area contributed by atoms with Gasteiger partial charge in [0.25, 0.3) is 0 Å². The fourth-order valence-corrected chi connectivity index (χ4v) is 1.58. The zero-order valence-corrected chi connectivity index (χ0v) is 11.1. The van der Waals surface area contributed by atoms with Gasteiger partial charge in [-0.15, -0.1) is 0 Å². The van der Waals surface area contributed by atoms with Crippen LogP contribution in [-0.4, -0.2) is 19.7 Å². The van der Waals surface area contributed by atoms with Gasteiger partial charge in [-0.25, -0.2) is 4.39 Å². The number of hydrogen-bond acceptors (Lipinski definition) is 2. The van der Waals surface area contributed by atoms with Crippen molar-refractivity contribution in [3.05, 3.63) is 40.4 Å². The Balaban J connectivity index is 2.60. The van der Waals surface area contributed by atoms with Crippen molar-refractivity contribution in [1.82, 2.24) is 5.32 Å². The molecule has 1 rings (SSSR count). The minimum atomic E-state index is -0.982. The normalized spacial score (nSPS) is 10.4. The van der Waals surface area contributed by atoms with Crippen LogP contribution in [-0.2, 0) is 0 Å². The van der Waals surface area contributed by atoms with Gasteiger partial charge in [0, 0.05) is 11.0 Å². The van der Waals surface area contributed by atoms with Crippen LogP contribution in [0.5, 0.6) is 5.75 Å². The number of likely N-dealkylation sites (N-methyl/N-ethyl adjacent to an activating group) is 1. The van der Waals surface area contributed by atoms with Crippen LogP contribution in [0.3, 0.4) is 0 Å². The Hall–Kier alpha value is -0.940. The summed E-state index contributed by atoms with van der Waals surface area (Å²) in [5.41, 5.74) is 0.770. The number of rotatable bonds is 6. The largest absolute Gasteiger partial charge is 0.486 e. The lowest BCUT2D eigenvalue weighted by atomic mass is 10.3. The first-order valence-corrected chi connectivity index (χ1v) is 5.98. The van der Waals surface area contributed by atoms with Crippen LogP contribution in [0, 0.1) is 11.6 Å². The van der Waals surface area contributed by atoms with Crippen molar-refractivity contribution in [3.8, 4) is 5.75 Å². The molecule has 0 spiro atoms. The molecule has 0 amide bonds. The summed E-state index contributed by atoms with van der Waals surface area (Å²) >= 11 is 3.07. The second-order valence-electron chi connectivity index (χ2n) is 3.52. The topological polar surface area (TPSA) is 21.3 Å². The number of halogens is 3. The van der Waals surface area contributed by atoms with Crippen molar-refractivity contribution in [2.75, 3.05) is 19.7 Å². The van der Waals surface area contributed by atoms with E-state index in [0.717, 1.165) is 18.2 Å². The maximum atomic E-state index is 13.3. The first kappa shape index (κ1) is 14.1. The molecule has 0 aliphatic carbocycles. The summed E-state index contributed by atoms with van der Waals surface area (Å²) in [6, 6.07) is 2.44. The standard InChI is InChI=1S/C12H14BrF2NO/c1-3-16-6-8(2)7-17-11-5-9(13)4-10(14)12(11)15/h4-5,16H,2-3,6-7H2,1H3. The molecule has 0 bridgehead atoms. The van der Waals surface area contributed by atoms with Crippen LogP contribution in [0.25, 0.3) is 0 Å². The van der Waals surface area contributed by atoms with Crippen molar-refractivity contribution < 1.29 is 13.5 Å². The molecule has 1 aromatic carbocycles. The zero-order chi connectivity index (χ0) is 12.8. The van der Waals surface area contributed by atoms with Gasteiger partial charge in [0.2, 0.25) is 5.82 Å². The molecular formula is C12H14BrF2NO. The molecule has 1 N–H and O–H groups in total. The molecule has 5 heteroatoms. The monoisotopic (exact) mass is 305 g/mol. The zero-order valence-electron chi connectivity index (χ0n) is 9.53. The van der Waals surface area contributed by atoms with Crippen LogP contribution in [0.2, 0.25) is 0 Å². The summed E-state index contributed by atoms with van der Waals surface area (Å²) in [5, 5.41) is 3.07. The van der Waals surface area contributed by atoms with E-state index >= 15 is 0 Å². The van der Waals surface area contributed by atoms with E-state index in [1.165, 1.54) is 6.07 Å². The average molecular weight is 306 g/mol. The van der Waals surface area contributed by atoms with E-state index in [1.807, 2.05) is 6.92 Å². The fourth-order valence-electron chi connectivity index (χ4n) is 1.17. The number of nitrogens with one attached hydrogen (secondary N) is 1. The summed E-state index contributed by atoms with van der Waals surface area (Å²) in [5.74, 6) is -2.04.